The summed E-state index contributed by atoms with van der Waals surface area (Å²) >= 11 is 9.21. The molecular weight excluding hydrogens is 385 g/mol. The number of ether oxygens (including phenoxy) is 1. The highest BCUT2D eigenvalue weighted by Crippen LogP contribution is 2.33. The summed E-state index contributed by atoms with van der Waals surface area (Å²) in [6.07, 6.45) is -1.03. The maximum absolute atomic E-state index is 13.3. The number of benzene rings is 2. The van der Waals surface area contributed by atoms with E-state index in [1.165, 1.54) is 25.3 Å². The van der Waals surface area contributed by atoms with Crippen molar-refractivity contribution in [2.75, 3.05) is 7.11 Å². The number of nitrogens with zero attached hydrogens (tertiary/aromatic N) is 1. The van der Waals surface area contributed by atoms with E-state index in [9.17, 15) is 9.50 Å². The molecule has 0 saturated heterocycles. The molecule has 0 radical (unpaired) electrons. The van der Waals surface area contributed by atoms with Gasteiger partial charge in [0.1, 0.15) is 11.9 Å². The van der Waals surface area contributed by atoms with Crippen molar-refractivity contribution in [3.63, 3.8) is 0 Å². The highest BCUT2D eigenvalue weighted by atomic mass is 79.9. The first-order valence-corrected chi connectivity index (χ1v) is 7.94. The standard InChI is InChI=1S/C17H12BrClFNO2/c1-23-17-12(7-10-6-11(18)3-5-15(10)21-17)16(22)9-2-4-14(20)13(19)8-9/h2-8,16,22H,1H3/t16-/m0/s1. The molecule has 1 atom stereocenters. The van der Waals surface area contributed by atoms with Gasteiger partial charge in [0.2, 0.25) is 5.88 Å². The molecule has 3 aromatic rings. The quantitative estimate of drug-likeness (QED) is 0.686. The van der Waals surface area contributed by atoms with Crippen LogP contribution in [0.4, 0.5) is 4.39 Å². The van der Waals surface area contributed by atoms with Crippen LogP contribution in [0.1, 0.15) is 17.2 Å². The minimum atomic E-state index is -1.03. The number of aliphatic hydroxyl groups is 1. The van der Waals surface area contributed by atoms with E-state index >= 15 is 0 Å². The van der Waals surface area contributed by atoms with Crippen molar-refractivity contribution in [3.8, 4) is 5.88 Å². The molecule has 118 valence electrons. The zero-order chi connectivity index (χ0) is 16.6. The molecule has 0 spiro atoms. The maximum atomic E-state index is 13.3. The summed E-state index contributed by atoms with van der Waals surface area (Å²) in [6, 6.07) is 11.5. The van der Waals surface area contributed by atoms with Crippen molar-refractivity contribution in [2.45, 2.75) is 6.10 Å². The predicted octanol–water partition coefficient (Wildman–Crippen LogP) is 4.88. The molecule has 0 aliphatic carbocycles. The average molecular weight is 397 g/mol. The molecular formula is C17H12BrClFNO2. The molecule has 0 amide bonds. The van der Waals surface area contributed by atoms with Crippen LogP contribution in [0.2, 0.25) is 5.02 Å². The van der Waals surface area contributed by atoms with Crippen molar-refractivity contribution in [2.24, 2.45) is 0 Å². The number of rotatable bonds is 3. The van der Waals surface area contributed by atoms with E-state index < -0.39 is 11.9 Å². The summed E-state index contributed by atoms with van der Waals surface area (Å²) in [5.41, 5.74) is 1.70. The molecule has 2 aromatic carbocycles. The molecule has 0 fully saturated rings. The first-order valence-electron chi connectivity index (χ1n) is 6.77. The van der Waals surface area contributed by atoms with Crippen molar-refractivity contribution in [1.29, 1.82) is 0 Å². The van der Waals surface area contributed by atoms with Crippen LogP contribution < -0.4 is 4.74 Å². The Morgan fingerprint density at radius 2 is 2.00 bits per heavy atom. The van der Waals surface area contributed by atoms with E-state index in [0.29, 0.717) is 17.0 Å². The van der Waals surface area contributed by atoms with E-state index in [4.69, 9.17) is 16.3 Å². The Morgan fingerprint density at radius 3 is 2.70 bits per heavy atom. The van der Waals surface area contributed by atoms with Gasteiger partial charge in [0.25, 0.3) is 0 Å². The van der Waals surface area contributed by atoms with E-state index in [2.05, 4.69) is 20.9 Å². The fourth-order valence-corrected chi connectivity index (χ4v) is 2.94. The summed E-state index contributed by atoms with van der Waals surface area (Å²) in [5.74, 6) is -0.220. The molecule has 6 heteroatoms. The Morgan fingerprint density at radius 1 is 1.22 bits per heavy atom. The van der Waals surface area contributed by atoms with Crippen LogP contribution in [0.25, 0.3) is 10.9 Å². The Balaban J connectivity index is 2.14. The van der Waals surface area contributed by atoms with Crippen molar-refractivity contribution < 1.29 is 14.2 Å². The van der Waals surface area contributed by atoms with Crippen molar-refractivity contribution in [1.82, 2.24) is 4.98 Å². The first-order chi connectivity index (χ1) is 11.0. The third-order valence-corrected chi connectivity index (χ3v) is 4.30. The van der Waals surface area contributed by atoms with Gasteiger partial charge >= 0.3 is 0 Å². The molecule has 1 aromatic heterocycles. The number of hydrogen-bond acceptors (Lipinski definition) is 3. The monoisotopic (exact) mass is 395 g/mol. The molecule has 1 heterocycles. The highest BCUT2D eigenvalue weighted by Gasteiger charge is 2.19. The lowest BCUT2D eigenvalue weighted by molar-refractivity contribution is 0.213. The van der Waals surface area contributed by atoms with Crippen LogP contribution in [0, 0.1) is 5.82 Å². The smallest absolute Gasteiger partial charge is 0.219 e. The summed E-state index contributed by atoms with van der Waals surface area (Å²) < 4.78 is 19.5. The summed E-state index contributed by atoms with van der Waals surface area (Å²) in [5, 5.41) is 11.4. The van der Waals surface area contributed by atoms with Gasteiger partial charge in [0, 0.05) is 15.4 Å². The lowest BCUT2D eigenvalue weighted by Gasteiger charge is -2.16. The van der Waals surface area contributed by atoms with Gasteiger partial charge in [-0.1, -0.05) is 33.6 Å². The molecule has 0 aliphatic heterocycles. The van der Waals surface area contributed by atoms with Crippen LogP contribution >= 0.6 is 27.5 Å². The van der Waals surface area contributed by atoms with Gasteiger partial charge in [0.05, 0.1) is 17.6 Å². The SMILES string of the molecule is COc1nc2ccc(Br)cc2cc1[C@@H](O)c1ccc(F)c(Cl)c1. The van der Waals surface area contributed by atoms with Crippen molar-refractivity contribution in [3.05, 3.63) is 68.9 Å². The van der Waals surface area contributed by atoms with Crippen LogP contribution in [-0.2, 0) is 0 Å². The third-order valence-electron chi connectivity index (χ3n) is 3.52. The number of pyridine rings is 1. The molecule has 3 rings (SSSR count). The van der Waals surface area contributed by atoms with Crippen LogP contribution in [0.5, 0.6) is 5.88 Å². The number of methoxy groups -OCH3 is 1. The molecule has 0 saturated carbocycles. The van der Waals surface area contributed by atoms with Crippen LogP contribution in [-0.4, -0.2) is 17.2 Å². The largest absolute Gasteiger partial charge is 0.481 e. The minimum Gasteiger partial charge on any atom is -0.481 e. The van der Waals surface area contributed by atoms with E-state index in [1.54, 1.807) is 6.07 Å². The van der Waals surface area contributed by atoms with Gasteiger partial charge in [-0.15, -0.1) is 0 Å². The summed E-state index contributed by atoms with van der Waals surface area (Å²) in [7, 11) is 1.49. The second-order valence-corrected chi connectivity index (χ2v) is 6.32. The second-order valence-electron chi connectivity index (χ2n) is 5.00. The number of fused-ring (bicyclic) bond motifs is 1. The van der Waals surface area contributed by atoms with Gasteiger partial charge in [0.15, 0.2) is 0 Å². The molecule has 1 N–H and O–H groups in total. The summed E-state index contributed by atoms with van der Waals surface area (Å²) in [6.45, 7) is 0. The Bertz CT molecular complexity index is 888. The normalized spacial score (nSPS) is 12.4. The van der Waals surface area contributed by atoms with Gasteiger partial charge in [-0.05, 0) is 42.0 Å². The molecule has 0 unspecified atom stereocenters. The van der Waals surface area contributed by atoms with Gasteiger partial charge in [-0.3, -0.25) is 0 Å². The molecule has 3 nitrogen and oxygen atoms in total. The zero-order valence-electron chi connectivity index (χ0n) is 12.1. The first kappa shape index (κ1) is 16.2. The topological polar surface area (TPSA) is 42.4 Å². The molecule has 23 heavy (non-hydrogen) atoms. The number of aromatic nitrogens is 1. The van der Waals surface area contributed by atoms with Crippen LogP contribution in [0.15, 0.2) is 46.9 Å². The molecule has 0 bridgehead atoms. The highest BCUT2D eigenvalue weighted by molar-refractivity contribution is 9.10. The van der Waals surface area contributed by atoms with Gasteiger partial charge in [-0.25, -0.2) is 9.37 Å². The lowest BCUT2D eigenvalue weighted by atomic mass is 10.0. The fourth-order valence-electron chi connectivity index (χ4n) is 2.37. The van der Waals surface area contributed by atoms with Crippen molar-refractivity contribution >= 4 is 38.4 Å². The lowest BCUT2D eigenvalue weighted by Crippen LogP contribution is -2.04. The number of hydrogen-bond donors (Lipinski definition) is 1. The van der Waals surface area contributed by atoms with E-state index in [-0.39, 0.29) is 5.02 Å². The van der Waals surface area contributed by atoms with E-state index in [0.717, 1.165) is 15.4 Å². The minimum absolute atomic E-state index is 0.0444. The zero-order valence-corrected chi connectivity index (χ0v) is 14.4. The third kappa shape index (κ3) is 3.17. The second kappa shape index (κ2) is 6.43. The number of halogens is 3. The number of aliphatic hydroxyl groups excluding tert-OH is 1. The van der Waals surface area contributed by atoms with Gasteiger partial charge < -0.3 is 9.84 Å². The summed E-state index contributed by atoms with van der Waals surface area (Å²) in [4.78, 5) is 4.41. The average Bonchev–Trinajstić information content (AvgIpc) is 2.55. The van der Waals surface area contributed by atoms with Gasteiger partial charge in [-0.2, -0.15) is 0 Å². The van der Waals surface area contributed by atoms with E-state index in [1.807, 2.05) is 18.2 Å². The molecule has 0 aliphatic rings. The predicted molar refractivity (Wildman–Crippen MR) is 91.5 cm³/mol. The Labute approximate surface area is 145 Å². The fraction of sp³-hybridized carbons (Fsp3) is 0.118. The van der Waals surface area contributed by atoms with Crippen LogP contribution in [0.3, 0.4) is 0 Å². The Kier molecular flexibility index (Phi) is 4.53. The maximum Gasteiger partial charge on any atom is 0.219 e. The Hall–Kier alpha value is -1.69.